The van der Waals surface area contributed by atoms with E-state index in [-0.39, 0.29) is 11.1 Å². The SMILES string of the molecule is CC(C)(C)CCOC1(CNC(C)(C)C)CCCCCC1. The molecule has 0 bridgehead atoms. The van der Waals surface area contributed by atoms with Gasteiger partial charge in [-0.25, -0.2) is 0 Å². The third-order valence-electron chi connectivity index (χ3n) is 4.22. The molecule has 1 aliphatic carbocycles. The second-order valence-corrected chi connectivity index (χ2v) is 8.86. The fraction of sp³-hybridized carbons (Fsp3) is 1.00. The van der Waals surface area contributed by atoms with E-state index in [1.807, 2.05) is 0 Å². The molecule has 1 aliphatic rings. The topological polar surface area (TPSA) is 21.3 Å². The van der Waals surface area contributed by atoms with Crippen LogP contribution in [0.2, 0.25) is 0 Å². The molecule has 0 heterocycles. The zero-order valence-corrected chi connectivity index (χ0v) is 14.8. The highest BCUT2D eigenvalue weighted by Crippen LogP contribution is 2.31. The lowest BCUT2D eigenvalue weighted by Gasteiger charge is -2.37. The third kappa shape index (κ3) is 7.64. The van der Waals surface area contributed by atoms with E-state index in [9.17, 15) is 0 Å². The van der Waals surface area contributed by atoms with Gasteiger partial charge in [0.25, 0.3) is 0 Å². The second kappa shape index (κ2) is 7.26. The number of hydrogen-bond acceptors (Lipinski definition) is 2. The maximum atomic E-state index is 6.46. The highest BCUT2D eigenvalue weighted by Gasteiger charge is 2.33. The second-order valence-electron chi connectivity index (χ2n) is 8.86. The average molecular weight is 284 g/mol. The van der Waals surface area contributed by atoms with Crippen LogP contribution in [-0.2, 0) is 4.74 Å². The van der Waals surface area contributed by atoms with E-state index in [4.69, 9.17) is 4.74 Å². The molecule has 1 rings (SSSR count). The van der Waals surface area contributed by atoms with Crippen LogP contribution in [0, 0.1) is 5.41 Å². The molecule has 0 aromatic carbocycles. The Labute approximate surface area is 127 Å². The average Bonchev–Trinajstić information content (AvgIpc) is 2.50. The van der Waals surface area contributed by atoms with Crippen molar-refractivity contribution in [3.8, 4) is 0 Å². The largest absolute Gasteiger partial charge is 0.374 e. The lowest BCUT2D eigenvalue weighted by atomic mass is 9.91. The van der Waals surface area contributed by atoms with Gasteiger partial charge < -0.3 is 10.1 Å². The predicted molar refractivity (Wildman–Crippen MR) is 88.2 cm³/mol. The van der Waals surface area contributed by atoms with Crippen LogP contribution in [-0.4, -0.2) is 24.3 Å². The molecule has 0 saturated heterocycles. The first-order valence-electron chi connectivity index (χ1n) is 8.51. The molecule has 20 heavy (non-hydrogen) atoms. The zero-order valence-electron chi connectivity index (χ0n) is 14.8. The van der Waals surface area contributed by atoms with E-state index < -0.39 is 0 Å². The van der Waals surface area contributed by atoms with Crippen molar-refractivity contribution in [3.63, 3.8) is 0 Å². The van der Waals surface area contributed by atoms with Crippen LogP contribution >= 0.6 is 0 Å². The third-order valence-corrected chi connectivity index (χ3v) is 4.22. The van der Waals surface area contributed by atoms with Crippen LogP contribution in [0.1, 0.15) is 86.5 Å². The van der Waals surface area contributed by atoms with Crippen molar-refractivity contribution in [1.82, 2.24) is 5.32 Å². The maximum absolute atomic E-state index is 6.46. The van der Waals surface area contributed by atoms with Gasteiger partial charge >= 0.3 is 0 Å². The summed E-state index contributed by atoms with van der Waals surface area (Å²) in [5.74, 6) is 0. The van der Waals surface area contributed by atoms with Gasteiger partial charge in [-0.2, -0.15) is 0 Å². The zero-order chi connectivity index (χ0) is 15.3. The van der Waals surface area contributed by atoms with Gasteiger partial charge in [-0.05, 0) is 45.4 Å². The van der Waals surface area contributed by atoms with Crippen LogP contribution in [0.5, 0.6) is 0 Å². The van der Waals surface area contributed by atoms with Crippen LogP contribution in [0.25, 0.3) is 0 Å². The summed E-state index contributed by atoms with van der Waals surface area (Å²) in [6.45, 7) is 15.5. The molecule has 1 saturated carbocycles. The summed E-state index contributed by atoms with van der Waals surface area (Å²) in [6, 6.07) is 0. The fourth-order valence-corrected chi connectivity index (χ4v) is 2.75. The van der Waals surface area contributed by atoms with E-state index in [1.165, 1.54) is 38.5 Å². The summed E-state index contributed by atoms with van der Waals surface area (Å²) in [4.78, 5) is 0. The molecule has 1 N–H and O–H groups in total. The minimum absolute atomic E-state index is 0.0784. The van der Waals surface area contributed by atoms with E-state index in [0.717, 1.165) is 19.6 Å². The Morgan fingerprint density at radius 3 is 1.90 bits per heavy atom. The Bertz CT molecular complexity index is 264. The Balaban J connectivity index is 2.58. The summed E-state index contributed by atoms with van der Waals surface area (Å²) in [6.07, 6.45) is 8.98. The maximum Gasteiger partial charge on any atom is 0.0806 e. The van der Waals surface area contributed by atoms with Gasteiger partial charge in [0.15, 0.2) is 0 Å². The first-order valence-corrected chi connectivity index (χ1v) is 8.51. The lowest BCUT2D eigenvalue weighted by molar-refractivity contribution is -0.0654. The quantitative estimate of drug-likeness (QED) is 0.723. The summed E-state index contributed by atoms with van der Waals surface area (Å²) in [5, 5.41) is 3.68. The first kappa shape index (κ1) is 18.0. The van der Waals surface area contributed by atoms with Gasteiger partial charge in [-0.3, -0.25) is 0 Å². The minimum atomic E-state index is 0.0784. The standard InChI is InChI=1S/C18H37NO/c1-16(2,3)13-14-20-18(15-19-17(4,5)6)11-9-7-8-10-12-18/h19H,7-15H2,1-6H3. The van der Waals surface area contributed by atoms with Gasteiger partial charge in [0.1, 0.15) is 0 Å². The van der Waals surface area contributed by atoms with Gasteiger partial charge in [0, 0.05) is 18.7 Å². The molecular formula is C18H37NO. The van der Waals surface area contributed by atoms with E-state index >= 15 is 0 Å². The molecular weight excluding hydrogens is 246 g/mol. The molecule has 0 atom stereocenters. The molecule has 0 spiro atoms. The van der Waals surface area contributed by atoms with Gasteiger partial charge in [0.05, 0.1) is 5.60 Å². The van der Waals surface area contributed by atoms with Gasteiger partial charge in [0.2, 0.25) is 0 Å². The van der Waals surface area contributed by atoms with Crippen molar-refractivity contribution < 1.29 is 4.74 Å². The summed E-state index contributed by atoms with van der Waals surface area (Å²) >= 11 is 0. The van der Waals surface area contributed by atoms with Gasteiger partial charge in [-0.15, -0.1) is 0 Å². The highest BCUT2D eigenvalue weighted by molar-refractivity contribution is 4.88. The first-order chi connectivity index (χ1) is 9.12. The summed E-state index contributed by atoms with van der Waals surface area (Å²) in [5.41, 5.74) is 0.616. The van der Waals surface area contributed by atoms with E-state index in [0.29, 0.717) is 5.41 Å². The van der Waals surface area contributed by atoms with Crippen LogP contribution < -0.4 is 5.32 Å². The Hall–Kier alpha value is -0.0800. The lowest BCUT2D eigenvalue weighted by Crippen LogP contribution is -2.49. The van der Waals surface area contributed by atoms with Crippen molar-refractivity contribution in [2.75, 3.05) is 13.2 Å². The predicted octanol–water partition coefficient (Wildman–Crippen LogP) is 4.92. The van der Waals surface area contributed by atoms with E-state index in [1.54, 1.807) is 0 Å². The van der Waals surface area contributed by atoms with E-state index in [2.05, 4.69) is 46.9 Å². The molecule has 2 nitrogen and oxygen atoms in total. The van der Waals surface area contributed by atoms with Crippen molar-refractivity contribution in [3.05, 3.63) is 0 Å². The van der Waals surface area contributed by atoms with Crippen molar-refractivity contribution in [1.29, 1.82) is 0 Å². The van der Waals surface area contributed by atoms with Crippen molar-refractivity contribution in [2.45, 2.75) is 97.6 Å². The molecule has 0 aliphatic heterocycles. The summed E-state index contributed by atoms with van der Waals surface area (Å²) < 4.78 is 6.46. The number of nitrogens with one attached hydrogen (secondary N) is 1. The molecule has 0 unspecified atom stereocenters. The molecule has 0 aromatic rings. The number of ether oxygens (including phenoxy) is 1. The molecule has 0 amide bonds. The molecule has 1 fully saturated rings. The van der Waals surface area contributed by atoms with Crippen LogP contribution in [0.4, 0.5) is 0 Å². The monoisotopic (exact) mass is 283 g/mol. The molecule has 2 heteroatoms. The summed E-state index contributed by atoms with van der Waals surface area (Å²) in [7, 11) is 0. The normalized spacial score (nSPS) is 20.7. The molecule has 0 radical (unpaired) electrons. The Morgan fingerprint density at radius 1 is 0.900 bits per heavy atom. The van der Waals surface area contributed by atoms with Crippen LogP contribution in [0.3, 0.4) is 0 Å². The Kier molecular flexibility index (Phi) is 6.53. The number of rotatable bonds is 5. The van der Waals surface area contributed by atoms with Crippen molar-refractivity contribution >= 4 is 0 Å². The van der Waals surface area contributed by atoms with Gasteiger partial charge in [-0.1, -0.05) is 46.5 Å². The van der Waals surface area contributed by atoms with Crippen LogP contribution in [0.15, 0.2) is 0 Å². The Morgan fingerprint density at radius 2 is 1.45 bits per heavy atom. The number of hydrogen-bond donors (Lipinski definition) is 1. The molecule has 120 valence electrons. The van der Waals surface area contributed by atoms with Crippen molar-refractivity contribution in [2.24, 2.45) is 5.41 Å². The molecule has 0 aromatic heterocycles. The smallest absolute Gasteiger partial charge is 0.0806 e. The minimum Gasteiger partial charge on any atom is -0.374 e. The fourth-order valence-electron chi connectivity index (χ4n) is 2.75. The highest BCUT2D eigenvalue weighted by atomic mass is 16.5.